The van der Waals surface area contributed by atoms with Crippen LogP contribution in [0.15, 0.2) is 61.1 Å². The number of anilines is 1. The summed E-state index contributed by atoms with van der Waals surface area (Å²) >= 11 is 0. The number of ketones is 1. The van der Waals surface area contributed by atoms with Crippen LogP contribution in [0.4, 0.5) is 5.82 Å². The number of carbonyl (C=O) groups excluding carboxylic acids is 2. The Morgan fingerprint density at radius 2 is 1.97 bits per heavy atom. The highest BCUT2D eigenvalue weighted by molar-refractivity contribution is 5.98. The Balaban J connectivity index is 1.41. The van der Waals surface area contributed by atoms with Gasteiger partial charge in [0, 0.05) is 42.0 Å². The van der Waals surface area contributed by atoms with E-state index in [1.54, 1.807) is 19.3 Å². The second-order valence-corrected chi connectivity index (χ2v) is 9.74. The number of nitrogen functional groups attached to an aromatic ring is 1. The number of piperidine rings is 1. The molecule has 3 aromatic heterocycles. The summed E-state index contributed by atoms with van der Waals surface area (Å²) in [5.41, 5.74) is 9.39. The van der Waals surface area contributed by atoms with Crippen LogP contribution in [0.5, 0.6) is 0 Å². The van der Waals surface area contributed by atoms with Gasteiger partial charge in [-0.1, -0.05) is 36.3 Å². The maximum atomic E-state index is 13.0. The van der Waals surface area contributed by atoms with Gasteiger partial charge in [-0.15, -0.1) is 0 Å². The van der Waals surface area contributed by atoms with E-state index in [1.807, 2.05) is 58.0 Å². The smallest absolute Gasteiger partial charge is 0.299 e. The number of imidazole rings is 1. The second-order valence-electron chi connectivity index (χ2n) is 9.74. The Bertz CT molecular complexity index is 1580. The number of aromatic nitrogens is 4. The van der Waals surface area contributed by atoms with E-state index >= 15 is 0 Å². The van der Waals surface area contributed by atoms with Crippen molar-refractivity contribution in [3.63, 3.8) is 0 Å². The largest absolute Gasteiger partial charge is 0.382 e. The van der Waals surface area contributed by atoms with Crippen molar-refractivity contribution in [2.75, 3.05) is 12.3 Å². The zero-order valence-electron chi connectivity index (χ0n) is 20.5. The molecule has 2 bridgehead atoms. The van der Waals surface area contributed by atoms with Gasteiger partial charge in [0.1, 0.15) is 28.4 Å². The van der Waals surface area contributed by atoms with Crippen LogP contribution in [-0.4, -0.2) is 42.5 Å². The van der Waals surface area contributed by atoms with Crippen LogP contribution in [0.3, 0.4) is 0 Å². The van der Waals surface area contributed by atoms with Crippen molar-refractivity contribution >= 4 is 23.0 Å². The summed E-state index contributed by atoms with van der Waals surface area (Å²) in [7, 11) is 0. The number of Topliss-reactive ketones (excluding diaryl/α,β-unsaturated/α-hetero) is 1. The van der Waals surface area contributed by atoms with E-state index in [0.717, 1.165) is 36.3 Å². The molecule has 1 saturated heterocycles. The lowest BCUT2D eigenvalue weighted by Crippen LogP contribution is -2.46. The molecule has 6 rings (SSSR count). The first-order valence-electron chi connectivity index (χ1n) is 12.4. The van der Waals surface area contributed by atoms with Crippen molar-refractivity contribution in [2.45, 2.75) is 38.1 Å². The summed E-state index contributed by atoms with van der Waals surface area (Å²) in [5, 5.41) is 0. The van der Waals surface area contributed by atoms with Crippen molar-refractivity contribution in [3.05, 3.63) is 78.1 Å². The predicted molar refractivity (Wildman–Crippen MR) is 139 cm³/mol. The van der Waals surface area contributed by atoms with Gasteiger partial charge in [0.2, 0.25) is 0 Å². The molecule has 2 unspecified atom stereocenters. The summed E-state index contributed by atoms with van der Waals surface area (Å²) < 4.78 is 1.98. The monoisotopic (exact) mass is 490 g/mol. The van der Waals surface area contributed by atoms with Crippen LogP contribution in [0.1, 0.15) is 48.1 Å². The topological polar surface area (TPSA) is 106 Å². The number of hydrogen-bond acceptors (Lipinski definition) is 6. The zero-order chi connectivity index (χ0) is 25.6. The molecule has 0 spiro atoms. The number of carbonyl (C=O) groups is 2. The molecule has 2 fully saturated rings. The van der Waals surface area contributed by atoms with E-state index in [-0.39, 0.29) is 18.1 Å². The molecule has 184 valence electrons. The molecular formula is C29H26N6O2. The number of pyridine rings is 1. The van der Waals surface area contributed by atoms with Gasteiger partial charge >= 0.3 is 0 Å². The fourth-order valence-corrected chi connectivity index (χ4v) is 5.91. The fraction of sp³-hybridized carbons (Fsp3) is 0.276. The summed E-state index contributed by atoms with van der Waals surface area (Å²) in [6.07, 6.45) is 8.17. The Hall–Kier alpha value is -4.51. The highest BCUT2D eigenvalue weighted by Gasteiger charge is 2.56. The summed E-state index contributed by atoms with van der Waals surface area (Å²) in [4.78, 5) is 41.4. The molecule has 0 radical (unpaired) electrons. The van der Waals surface area contributed by atoms with Gasteiger partial charge in [-0.3, -0.25) is 19.0 Å². The first kappa shape index (κ1) is 22.9. The number of likely N-dealkylation sites (tertiary alicyclic amines) is 1. The van der Waals surface area contributed by atoms with E-state index in [2.05, 4.69) is 21.8 Å². The van der Waals surface area contributed by atoms with Crippen molar-refractivity contribution in [1.29, 1.82) is 0 Å². The molecule has 37 heavy (non-hydrogen) atoms. The molecule has 4 aromatic rings. The Labute approximate surface area is 214 Å². The van der Waals surface area contributed by atoms with E-state index in [0.29, 0.717) is 35.1 Å². The third-order valence-corrected chi connectivity index (χ3v) is 7.57. The van der Waals surface area contributed by atoms with E-state index in [9.17, 15) is 9.59 Å². The Morgan fingerprint density at radius 3 is 2.70 bits per heavy atom. The average Bonchev–Trinajstić information content (AvgIpc) is 3.62. The lowest BCUT2D eigenvalue weighted by Gasteiger charge is -2.36. The highest BCUT2D eigenvalue weighted by atomic mass is 16.2. The summed E-state index contributed by atoms with van der Waals surface area (Å²) in [6, 6.07) is 12.9. The van der Waals surface area contributed by atoms with Gasteiger partial charge in [0.25, 0.3) is 5.91 Å². The summed E-state index contributed by atoms with van der Waals surface area (Å²) in [6.45, 7) is 2.37. The molecule has 1 aromatic carbocycles. The zero-order valence-corrected chi connectivity index (χ0v) is 20.5. The predicted octanol–water partition coefficient (Wildman–Crippen LogP) is 3.66. The van der Waals surface area contributed by atoms with Crippen LogP contribution in [0.25, 0.3) is 16.8 Å². The molecule has 1 amide bonds. The molecule has 8 heteroatoms. The van der Waals surface area contributed by atoms with Crippen molar-refractivity contribution in [3.8, 4) is 23.1 Å². The standard InChI is InChI=1S/C29H26N6O2/c1-2-5-24(37)35-18-19-11-12-29(35,17-19)28-33-25(26-27(30)32-14-15-34(26)28)21-9-7-20(8-10-21)23(36)16-22-6-3-4-13-31-22/h3-4,6-10,13-15,19H,11-12,16-18H2,1H3,(H2,30,32). The fourth-order valence-electron chi connectivity index (χ4n) is 5.91. The van der Waals surface area contributed by atoms with Gasteiger partial charge in [-0.25, -0.2) is 9.97 Å². The van der Waals surface area contributed by atoms with Gasteiger partial charge in [-0.05, 0) is 50.2 Å². The molecule has 2 atom stereocenters. The lowest BCUT2D eigenvalue weighted by atomic mass is 9.95. The van der Waals surface area contributed by atoms with Gasteiger partial charge in [0.15, 0.2) is 5.78 Å². The van der Waals surface area contributed by atoms with Gasteiger partial charge in [-0.2, -0.15) is 0 Å². The number of benzene rings is 1. The Morgan fingerprint density at radius 1 is 1.14 bits per heavy atom. The van der Waals surface area contributed by atoms with Crippen LogP contribution < -0.4 is 5.73 Å². The maximum absolute atomic E-state index is 13.0. The normalized spacial score (nSPS) is 20.1. The molecule has 2 N–H and O–H groups in total. The van der Waals surface area contributed by atoms with Crippen molar-refractivity contribution in [1.82, 2.24) is 24.3 Å². The SMILES string of the molecule is CC#CC(=O)N1CC2CCC1(c1nc(-c3ccc(C(=O)Cc4ccccn4)cc3)c3c(N)nccn13)C2. The quantitative estimate of drug-likeness (QED) is 0.338. The third-order valence-electron chi connectivity index (χ3n) is 7.57. The van der Waals surface area contributed by atoms with Crippen LogP contribution in [-0.2, 0) is 16.8 Å². The van der Waals surface area contributed by atoms with Crippen molar-refractivity contribution < 1.29 is 9.59 Å². The first-order chi connectivity index (χ1) is 18.0. The third kappa shape index (κ3) is 3.75. The van der Waals surface area contributed by atoms with E-state index in [4.69, 9.17) is 10.7 Å². The van der Waals surface area contributed by atoms with Crippen molar-refractivity contribution in [2.24, 2.45) is 5.92 Å². The van der Waals surface area contributed by atoms with Crippen LogP contribution in [0, 0.1) is 17.8 Å². The number of rotatable bonds is 5. The minimum absolute atomic E-state index is 0.00477. The highest BCUT2D eigenvalue weighted by Crippen LogP contribution is 2.53. The number of nitrogens with zero attached hydrogens (tertiary/aromatic N) is 5. The van der Waals surface area contributed by atoms with Crippen LogP contribution >= 0.6 is 0 Å². The molecule has 1 aliphatic carbocycles. The number of amides is 1. The lowest BCUT2D eigenvalue weighted by molar-refractivity contribution is -0.130. The van der Waals surface area contributed by atoms with E-state index < -0.39 is 5.54 Å². The molecular weight excluding hydrogens is 464 g/mol. The van der Waals surface area contributed by atoms with Gasteiger partial charge in [0.05, 0.1) is 6.42 Å². The number of nitrogens with two attached hydrogens (primary N) is 1. The first-order valence-corrected chi connectivity index (χ1v) is 12.4. The number of fused-ring (bicyclic) bond motifs is 3. The average molecular weight is 491 g/mol. The molecule has 1 aliphatic heterocycles. The van der Waals surface area contributed by atoms with E-state index in [1.165, 1.54) is 0 Å². The number of hydrogen-bond donors (Lipinski definition) is 1. The molecule has 2 aliphatic rings. The minimum Gasteiger partial charge on any atom is -0.382 e. The maximum Gasteiger partial charge on any atom is 0.299 e. The second kappa shape index (κ2) is 8.86. The summed E-state index contributed by atoms with van der Waals surface area (Å²) in [5.74, 6) is 6.88. The van der Waals surface area contributed by atoms with Crippen LogP contribution in [0.2, 0.25) is 0 Å². The molecule has 1 saturated carbocycles. The Kier molecular flexibility index (Phi) is 5.49. The van der Waals surface area contributed by atoms with Gasteiger partial charge < -0.3 is 10.6 Å². The molecule has 8 nitrogen and oxygen atoms in total. The minimum atomic E-state index is -0.529. The molecule has 4 heterocycles.